The van der Waals surface area contributed by atoms with Crippen molar-refractivity contribution < 1.29 is 10.2 Å². The van der Waals surface area contributed by atoms with E-state index in [9.17, 15) is 5.11 Å². The molecule has 0 aliphatic rings. The van der Waals surface area contributed by atoms with E-state index in [-0.39, 0.29) is 11.8 Å². The van der Waals surface area contributed by atoms with Gasteiger partial charge in [0.25, 0.3) is 0 Å². The lowest BCUT2D eigenvalue weighted by Crippen LogP contribution is -1.78. The first-order chi connectivity index (χ1) is 5.77. The third-order valence-corrected chi connectivity index (χ3v) is 1.64. The average Bonchev–Trinajstić information content (AvgIpc) is 2.04. The van der Waals surface area contributed by atoms with Gasteiger partial charge in [-0.3, -0.25) is 0 Å². The van der Waals surface area contributed by atoms with Crippen LogP contribution in [0.3, 0.4) is 0 Å². The van der Waals surface area contributed by atoms with E-state index in [0.717, 1.165) is 5.39 Å². The molecule has 2 rings (SSSR count). The molecule has 0 aliphatic heterocycles. The lowest BCUT2D eigenvalue weighted by atomic mass is 10.2. The summed E-state index contributed by atoms with van der Waals surface area (Å²) in [5, 5.41) is 19.6. The monoisotopic (exact) mass is 160 g/mol. The van der Waals surface area contributed by atoms with E-state index >= 15 is 0 Å². The Kier molecular flexibility index (Phi) is 1.37. The molecule has 0 bridgehead atoms. The molecule has 0 aliphatic carbocycles. The Balaban J connectivity index is 2.89. The van der Waals surface area contributed by atoms with Crippen LogP contribution in [0.25, 0.3) is 10.8 Å². The van der Waals surface area contributed by atoms with Gasteiger partial charge in [-0.1, -0.05) is 6.07 Å². The van der Waals surface area contributed by atoms with Gasteiger partial charge in [0, 0.05) is 11.5 Å². The summed E-state index contributed by atoms with van der Waals surface area (Å²) in [5.41, 5.74) is 0. The Labute approximate surface area is 68.9 Å². The molecule has 2 aromatic rings. The summed E-state index contributed by atoms with van der Waals surface area (Å²) >= 11 is 0. The molecular weight excluding hydrogens is 154 g/mol. The van der Waals surface area contributed by atoms with Crippen LogP contribution in [0.15, 0.2) is 24.3 Å². The van der Waals surface area contributed by atoms with Gasteiger partial charge in [-0.05, 0) is 23.6 Å². The number of aromatic hydroxyl groups is 2. The Morgan fingerprint density at radius 3 is 3.00 bits per heavy atom. The second-order valence-corrected chi connectivity index (χ2v) is 2.45. The average molecular weight is 160 g/mol. The van der Waals surface area contributed by atoms with Gasteiger partial charge in [-0.2, -0.15) is 4.98 Å². The molecule has 0 saturated carbocycles. The van der Waals surface area contributed by atoms with Crippen molar-refractivity contribution in [1.29, 1.82) is 0 Å². The van der Waals surface area contributed by atoms with E-state index in [1.807, 2.05) is 0 Å². The highest BCUT2D eigenvalue weighted by Gasteiger charge is 2.01. The molecule has 3 nitrogen and oxygen atoms in total. The fraction of sp³-hybridized carbons (Fsp3) is 0. The van der Waals surface area contributed by atoms with Gasteiger partial charge in [-0.15, -0.1) is 0 Å². The maximum Gasteiger partial charge on any atom is 0.222 e. The Morgan fingerprint density at radius 1 is 1.33 bits per heavy atom. The smallest absolute Gasteiger partial charge is 0.222 e. The van der Waals surface area contributed by atoms with Crippen LogP contribution in [0, 0.1) is 6.07 Å². The Morgan fingerprint density at radius 2 is 2.17 bits per heavy atom. The van der Waals surface area contributed by atoms with E-state index in [1.165, 1.54) is 6.07 Å². The molecule has 59 valence electrons. The third kappa shape index (κ3) is 0.955. The zero-order valence-electron chi connectivity index (χ0n) is 6.15. The van der Waals surface area contributed by atoms with Gasteiger partial charge >= 0.3 is 0 Å². The fourth-order valence-corrected chi connectivity index (χ4v) is 1.11. The van der Waals surface area contributed by atoms with Crippen LogP contribution in [-0.4, -0.2) is 15.2 Å². The van der Waals surface area contributed by atoms with Gasteiger partial charge < -0.3 is 10.2 Å². The number of pyridine rings is 1. The second-order valence-electron chi connectivity index (χ2n) is 2.45. The maximum atomic E-state index is 9.27. The van der Waals surface area contributed by atoms with Crippen LogP contribution < -0.4 is 0 Å². The first kappa shape index (κ1) is 6.91. The highest BCUT2D eigenvalue weighted by atomic mass is 16.3. The summed E-state index contributed by atoms with van der Waals surface area (Å²) < 4.78 is 0. The molecule has 0 spiro atoms. The molecule has 0 unspecified atom stereocenters. The number of benzene rings is 1. The van der Waals surface area contributed by atoms with Crippen LogP contribution in [0.1, 0.15) is 0 Å². The number of nitrogens with zero attached hydrogens (tertiary/aromatic N) is 1. The van der Waals surface area contributed by atoms with Gasteiger partial charge in [0.15, 0.2) is 0 Å². The number of fused-ring (bicyclic) bond motifs is 1. The van der Waals surface area contributed by atoms with E-state index in [2.05, 4.69) is 11.1 Å². The van der Waals surface area contributed by atoms with Crippen LogP contribution >= 0.6 is 0 Å². The first-order valence-electron chi connectivity index (χ1n) is 3.46. The summed E-state index contributed by atoms with van der Waals surface area (Å²) in [6.07, 6.45) is 0. The highest BCUT2D eigenvalue weighted by Crippen LogP contribution is 2.24. The van der Waals surface area contributed by atoms with Crippen molar-refractivity contribution in [3.63, 3.8) is 0 Å². The molecule has 0 saturated heterocycles. The van der Waals surface area contributed by atoms with E-state index in [0.29, 0.717) is 5.39 Å². The minimum absolute atomic E-state index is 0.154. The maximum absolute atomic E-state index is 9.27. The molecular formula is C9H6NO2. The number of hydrogen-bond donors (Lipinski definition) is 2. The summed E-state index contributed by atoms with van der Waals surface area (Å²) in [7, 11) is 0. The molecule has 0 atom stereocenters. The van der Waals surface area contributed by atoms with Crippen molar-refractivity contribution >= 4 is 10.8 Å². The minimum atomic E-state index is -0.181. The Bertz CT molecular complexity index is 426. The van der Waals surface area contributed by atoms with Crippen LogP contribution in [0.2, 0.25) is 0 Å². The van der Waals surface area contributed by atoms with Crippen molar-refractivity contribution in [2.45, 2.75) is 0 Å². The third-order valence-electron chi connectivity index (χ3n) is 1.64. The van der Waals surface area contributed by atoms with Gasteiger partial charge in [0.2, 0.25) is 11.8 Å². The predicted molar refractivity (Wildman–Crippen MR) is 43.9 cm³/mol. The van der Waals surface area contributed by atoms with Crippen molar-refractivity contribution in [1.82, 2.24) is 4.98 Å². The minimum Gasteiger partial charge on any atom is -0.493 e. The normalized spacial score (nSPS) is 10.3. The SMILES string of the molecule is Oc1cc2c[c]ccc2c(O)n1. The molecule has 1 aromatic heterocycles. The van der Waals surface area contributed by atoms with E-state index < -0.39 is 0 Å². The van der Waals surface area contributed by atoms with Crippen LogP contribution in [-0.2, 0) is 0 Å². The van der Waals surface area contributed by atoms with Crippen LogP contribution in [0.5, 0.6) is 11.8 Å². The van der Waals surface area contributed by atoms with Gasteiger partial charge in [-0.25, -0.2) is 0 Å². The number of aromatic nitrogens is 1. The number of hydrogen-bond acceptors (Lipinski definition) is 3. The largest absolute Gasteiger partial charge is 0.493 e. The van der Waals surface area contributed by atoms with Crippen molar-refractivity contribution in [2.75, 3.05) is 0 Å². The van der Waals surface area contributed by atoms with Crippen molar-refractivity contribution in [2.24, 2.45) is 0 Å². The quantitative estimate of drug-likeness (QED) is 0.613. The summed E-state index contributed by atoms with van der Waals surface area (Å²) in [4.78, 5) is 3.50. The molecule has 0 fully saturated rings. The number of rotatable bonds is 0. The van der Waals surface area contributed by atoms with Gasteiger partial charge in [0.1, 0.15) is 0 Å². The molecule has 1 aromatic carbocycles. The first-order valence-corrected chi connectivity index (χ1v) is 3.46. The van der Waals surface area contributed by atoms with Crippen LogP contribution in [0.4, 0.5) is 0 Å². The van der Waals surface area contributed by atoms with E-state index in [4.69, 9.17) is 5.11 Å². The molecule has 1 radical (unpaired) electrons. The zero-order chi connectivity index (χ0) is 8.55. The van der Waals surface area contributed by atoms with E-state index in [1.54, 1.807) is 18.2 Å². The summed E-state index contributed by atoms with van der Waals surface area (Å²) in [6.45, 7) is 0. The summed E-state index contributed by atoms with van der Waals surface area (Å²) in [6, 6.07) is 9.37. The molecule has 2 N–H and O–H groups in total. The molecule has 12 heavy (non-hydrogen) atoms. The summed E-state index contributed by atoms with van der Waals surface area (Å²) in [5.74, 6) is -0.335. The van der Waals surface area contributed by atoms with Crippen molar-refractivity contribution in [3.8, 4) is 11.8 Å². The standard InChI is InChI=1S/C9H6NO2/c11-8-5-6-3-1-2-4-7(6)9(12)10-8/h2-5H,(H2,10,11,12). The van der Waals surface area contributed by atoms with Gasteiger partial charge in [0.05, 0.1) is 0 Å². The lowest BCUT2D eigenvalue weighted by Gasteiger charge is -1.99. The molecule has 1 heterocycles. The fourth-order valence-electron chi connectivity index (χ4n) is 1.11. The Hall–Kier alpha value is -1.77. The predicted octanol–water partition coefficient (Wildman–Crippen LogP) is 1.45. The highest BCUT2D eigenvalue weighted by molar-refractivity contribution is 5.87. The molecule has 0 amide bonds. The zero-order valence-corrected chi connectivity index (χ0v) is 6.15. The molecule has 3 heteroatoms. The topological polar surface area (TPSA) is 53.4 Å². The second kappa shape index (κ2) is 2.37. The van der Waals surface area contributed by atoms with Crippen molar-refractivity contribution in [3.05, 3.63) is 30.3 Å². The lowest BCUT2D eigenvalue weighted by molar-refractivity contribution is 0.418.